The van der Waals surface area contributed by atoms with Crippen molar-refractivity contribution in [3.05, 3.63) is 12.2 Å². The summed E-state index contributed by atoms with van der Waals surface area (Å²) in [5, 5.41) is 1.57. The fraction of sp³-hybridized carbons (Fsp3) is 0.833. The third kappa shape index (κ3) is 5.68. The van der Waals surface area contributed by atoms with Gasteiger partial charge < -0.3 is 9.31 Å². The summed E-state index contributed by atoms with van der Waals surface area (Å²) >= 11 is 0. The van der Waals surface area contributed by atoms with Crippen LogP contribution in [0, 0.1) is 0 Å². The van der Waals surface area contributed by atoms with E-state index < -0.39 is 0 Å². The summed E-state index contributed by atoms with van der Waals surface area (Å²) in [6.07, 6.45) is 0.590. The first-order chi connectivity index (χ1) is 7.48. The van der Waals surface area contributed by atoms with E-state index in [4.69, 9.17) is 15.2 Å². The van der Waals surface area contributed by atoms with Crippen molar-refractivity contribution >= 4 is 7.12 Å². The monoisotopic (exact) mass is 242 g/mol. The van der Waals surface area contributed by atoms with E-state index in [0.29, 0.717) is 6.44 Å². The van der Waals surface area contributed by atoms with Gasteiger partial charge >= 0.3 is 7.12 Å². The molecule has 0 aromatic rings. The minimum absolute atomic E-state index is 0.222. The smallest absolute Gasteiger partial charge is 0.402 e. The molecule has 2 N–H and O–H groups in total. The zero-order valence-electron chi connectivity index (χ0n) is 12.3. The third-order valence-corrected chi connectivity index (χ3v) is 2.74. The Morgan fingerprint density at radius 1 is 1.18 bits per heavy atom. The van der Waals surface area contributed by atoms with E-state index in [1.807, 2.05) is 41.5 Å². The average molecular weight is 242 g/mol. The Kier molecular flexibility index (Phi) is 5.88. The largest absolute Gasteiger partial charge is 0.474 e. The highest BCUT2D eigenvalue weighted by Gasteiger charge is 2.50. The van der Waals surface area contributed by atoms with Gasteiger partial charge in [0.1, 0.15) is 0 Å². The van der Waals surface area contributed by atoms with Crippen molar-refractivity contribution in [3.8, 4) is 0 Å². The molecule has 1 aliphatic heterocycles. The first kappa shape index (κ1) is 16.6. The third-order valence-electron chi connectivity index (χ3n) is 2.74. The van der Waals surface area contributed by atoms with Crippen molar-refractivity contribution in [1.82, 2.24) is 5.01 Å². The van der Waals surface area contributed by atoms with E-state index in [2.05, 4.69) is 6.58 Å². The molecule has 0 bridgehead atoms. The van der Waals surface area contributed by atoms with Gasteiger partial charge in [-0.2, -0.15) is 0 Å². The van der Waals surface area contributed by atoms with Crippen molar-refractivity contribution in [2.45, 2.75) is 52.7 Å². The summed E-state index contributed by atoms with van der Waals surface area (Å²) in [5.74, 6) is 5.52. The number of hydrogen-bond donors (Lipinski definition) is 1. The molecule has 0 aromatic carbocycles. The van der Waals surface area contributed by atoms with Crippen molar-refractivity contribution in [1.29, 1.82) is 0 Å². The lowest BCUT2D eigenvalue weighted by Crippen LogP contribution is -2.41. The van der Waals surface area contributed by atoms with Crippen molar-refractivity contribution < 1.29 is 9.31 Å². The second-order valence-corrected chi connectivity index (χ2v) is 5.83. The lowest BCUT2D eigenvalue weighted by atomic mass is 9.90. The average Bonchev–Trinajstić information content (AvgIpc) is 2.15. The Morgan fingerprint density at radius 3 is 1.71 bits per heavy atom. The molecule has 0 saturated carbocycles. The van der Waals surface area contributed by atoms with Gasteiger partial charge in [-0.25, -0.2) is 0 Å². The summed E-state index contributed by atoms with van der Waals surface area (Å²) in [6.45, 7) is 15.6. The molecule has 1 rings (SSSR count). The van der Waals surface area contributed by atoms with Crippen LogP contribution in [-0.2, 0) is 9.31 Å². The standard InChI is InChI=1S/C8H19BN2O2.C4H8/c1-7(2)8(3,4)13-9(12-7)6-11(5)10;1-4(2)3/h6,10H2,1-5H3;1H2,2-3H3. The van der Waals surface area contributed by atoms with Crippen molar-refractivity contribution in [3.63, 3.8) is 0 Å². The van der Waals surface area contributed by atoms with E-state index >= 15 is 0 Å². The van der Waals surface area contributed by atoms with E-state index in [1.165, 1.54) is 5.57 Å². The summed E-state index contributed by atoms with van der Waals surface area (Å²) in [7, 11) is 1.57. The molecule has 0 spiro atoms. The Hall–Kier alpha value is -0.355. The van der Waals surface area contributed by atoms with Gasteiger partial charge in [0.15, 0.2) is 0 Å². The maximum Gasteiger partial charge on any atom is 0.474 e. The summed E-state index contributed by atoms with van der Waals surface area (Å²) in [6, 6.07) is 0. The molecule has 1 fully saturated rings. The number of hydrogen-bond acceptors (Lipinski definition) is 4. The highest BCUT2D eigenvalue weighted by molar-refractivity contribution is 6.45. The number of nitrogens with zero attached hydrogens (tertiary/aromatic N) is 1. The molecule has 0 unspecified atom stereocenters. The molecule has 0 aliphatic carbocycles. The highest BCUT2D eigenvalue weighted by atomic mass is 16.7. The predicted molar refractivity (Wildman–Crippen MR) is 73.4 cm³/mol. The van der Waals surface area contributed by atoms with E-state index in [0.717, 1.165) is 0 Å². The van der Waals surface area contributed by atoms with Gasteiger partial charge in [-0.05, 0) is 41.5 Å². The van der Waals surface area contributed by atoms with Gasteiger partial charge in [-0.15, -0.1) is 6.58 Å². The van der Waals surface area contributed by atoms with Crippen molar-refractivity contribution in [2.75, 3.05) is 13.5 Å². The molecule has 1 saturated heterocycles. The van der Waals surface area contributed by atoms with Gasteiger partial charge in [0.05, 0.1) is 11.2 Å². The SMILES string of the molecule is C=C(C)C.CN(N)CB1OC(C)(C)C(C)(C)O1. The van der Waals surface area contributed by atoms with Crippen LogP contribution in [0.3, 0.4) is 0 Å². The topological polar surface area (TPSA) is 47.7 Å². The van der Waals surface area contributed by atoms with Crippen LogP contribution in [0.4, 0.5) is 0 Å². The minimum atomic E-state index is -0.256. The molecule has 17 heavy (non-hydrogen) atoms. The molecule has 0 aromatic heterocycles. The lowest BCUT2D eigenvalue weighted by molar-refractivity contribution is 0.00578. The maximum atomic E-state index is 5.73. The molecule has 4 nitrogen and oxygen atoms in total. The fourth-order valence-electron chi connectivity index (χ4n) is 1.27. The van der Waals surface area contributed by atoms with Crippen LogP contribution in [0.15, 0.2) is 12.2 Å². The van der Waals surface area contributed by atoms with E-state index in [9.17, 15) is 0 Å². The van der Waals surface area contributed by atoms with Crippen LogP contribution in [0.5, 0.6) is 0 Å². The van der Waals surface area contributed by atoms with Gasteiger partial charge in [0.2, 0.25) is 0 Å². The molecule has 0 amide bonds. The first-order valence-electron chi connectivity index (χ1n) is 5.91. The van der Waals surface area contributed by atoms with Crippen LogP contribution >= 0.6 is 0 Å². The number of hydrazine groups is 1. The molecule has 0 radical (unpaired) electrons. The second-order valence-electron chi connectivity index (χ2n) is 5.83. The molecule has 100 valence electrons. The van der Waals surface area contributed by atoms with Crippen LogP contribution in [0.1, 0.15) is 41.5 Å². The predicted octanol–water partition coefficient (Wildman–Crippen LogP) is 2.01. The maximum absolute atomic E-state index is 5.73. The Balaban J connectivity index is 0.000000557. The summed E-state index contributed by atoms with van der Waals surface area (Å²) < 4.78 is 11.5. The molecular formula is C12H27BN2O2. The normalized spacial score (nSPS) is 21.1. The molecular weight excluding hydrogens is 215 g/mol. The first-order valence-corrected chi connectivity index (χ1v) is 5.91. The second kappa shape index (κ2) is 6.00. The zero-order valence-corrected chi connectivity index (χ0v) is 12.3. The van der Waals surface area contributed by atoms with E-state index in [-0.39, 0.29) is 18.3 Å². The zero-order chi connectivity index (χ0) is 13.9. The Bertz CT molecular complexity index is 245. The molecule has 1 aliphatic rings. The highest BCUT2D eigenvalue weighted by Crippen LogP contribution is 2.36. The van der Waals surface area contributed by atoms with Gasteiger partial charge in [0.25, 0.3) is 0 Å². The van der Waals surface area contributed by atoms with Crippen LogP contribution in [-0.4, -0.2) is 36.8 Å². The van der Waals surface area contributed by atoms with Crippen LogP contribution in [0.25, 0.3) is 0 Å². The van der Waals surface area contributed by atoms with Gasteiger partial charge in [0, 0.05) is 13.5 Å². The minimum Gasteiger partial charge on any atom is -0.402 e. The number of allylic oxidation sites excluding steroid dienone is 1. The Morgan fingerprint density at radius 2 is 1.47 bits per heavy atom. The van der Waals surface area contributed by atoms with Gasteiger partial charge in [-0.1, -0.05) is 5.57 Å². The quantitative estimate of drug-likeness (QED) is 0.348. The fourth-order valence-corrected chi connectivity index (χ4v) is 1.27. The summed E-state index contributed by atoms with van der Waals surface area (Å²) in [4.78, 5) is 0. The molecule has 1 heterocycles. The van der Waals surface area contributed by atoms with E-state index in [1.54, 1.807) is 12.1 Å². The molecule has 0 atom stereocenters. The number of nitrogens with two attached hydrogens (primary N) is 1. The lowest BCUT2D eigenvalue weighted by Gasteiger charge is -2.32. The Labute approximate surface area is 106 Å². The number of rotatable bonds is 2. The van der Waals surface area contributed by atoms with Gasteiger partial charge in [-0.3, -0.25) is 10.9 Å². The summed E-state index contributed by atoms with van der Waals surface area (Å²) in [5.41, 5.74) is 0.654. The molecule has 5 heteroatoms. The van der Waals surface area contributed by atoms with Crippen molar-refractivity contribution in [2.24, 2.45) is 5.84 Å². The van der Waals surface area contributed by atoms with Crippen LogP contribution in [0.2, 0.25) is 0 Å². The van der Waals surface area contributed by atoms with Crippen LogP contribution < -0.4 is 5.84 Å².